The number of thioether (sulfide) groups is 2. The maximum absolute atomic E-state index is 4.89. The van der Waals surface area contributed by atoms with Gasteiger partial charge in [0.25, 0.3) is 0 Å². The van der Waals surface area contributed by atoms with Crippen LogP contribution in [-0.4, -0.2) is 20.6 Å². The van der Waals surface area contributed by atoms with Crippen LogP contribution in [0, 0.1) is 0 Å². The van der Waals surface area contributed by atoms with Crippen molar-refractivity contribution in [1.29, 1.82) is 0 Å². The van der Waals surface area contributed by atoms with Crippen LogP contribution in [0.2, 0.25) is 0 Å². The summed E-state index contributed by atoms with van der Waals surface area (Å²) in [5.74, 6) is 1.06. The average Bonchev–Trinajstić information content (AvgIpc) is 3.08. The Labute approximate surface area is 161 Å². The molecule has 0 spiro atoms. The van der Waals surface area contributed by atoms with Gasteiger partial charge >= 0.3 is 0 Å². The van der Waals surface area contributed by atoms with E-state index in [-0.39, 0.29) is 6.04 Å². The van der Waals surface area contributed by atoms with Crippen LogP contribution in [-0.2, 0) is 0 Å². The second-order valence-corrected chi connectivity index (χ2v) is 8.69. The fraction of sp³-hybridized carbons (Fsp3) is 0.136. The Morgan fingerprint density at radius 3 is 2.35 bits per heavy atom. The molecule has 0 radical (unpaired) electrons. The largest absolute Gasteiger partial charge is 0.310 e. The first-order valence-corrected chi connectivity index (χ1v) is 10.6. The zero-order valence-corrected chi connectivity index (χ0v) is 15.8. The Bertz CT molecular complexity index is 1030. The van der Waals surface area contributed by atoms with Crippen molar-refractivity contribution in [2.75, 3.05) is 5.75 Å². The first-order valence-electron chi connectivity index (χ1n) is 8.76. The van der Waals surface area contributed by atoms with Crippen molar-refractivity contribution in [2.24, 2.45) is 0 Å². The highest BCUT2D eigenvalue weighted by Crippen LogP contribution is 2.45. The van der Waals surface area contributed by atoms with Gasteiger partial charge in [-0.15, -0.1) is 11.8 Å². The fourth-order valence-corrected chi connectivity index (χ4v) is 6.15. The highest BCUT2D eigenvalue weighted by molar-refractivity contribution is 8.03. The van der Waals surface area contributed by atoms with Crippen molar-refractivity contribution in [3.63, 3.8) is 0 Å². The molecule has 0 amide bonds. The van der Waals surface area contributed by atoms with Crippen molar-refractivity contribution in [3.8, 4) is 0 Å². The van der Waals surface area contributed by atoms with Crippen molar-refractivity contribution < 1.29 is 0 Å². The van der Waals surface area contributed by atoms with E-state index in [1.807, 2.05) is 23.5 Å². The van der Waals surface area contributed by atoms with E-state index in [9.17, 15) is 0 Å². The van der Waals surface area contributed by atoms with Gasteiger partial charge in [0.2, 0.25) is 0 Å². The predicted octanol–water partition coefficient (Wildman–Crippen LogP) is 5.89. The van der Waals surface area contributed by atoms with Crippen molar-refractivity contribution in [1.82, 2.24) is 9.55 Å². The maximum atomic E-state index is 4.89. The van der Waals surface area contributed by atoms with Gasteiger partial charge in [-0.25, -0.2) is 4.98 Å². The predicted molar refractivity (Wildman–Crippen MR) is 111 cm³/mol. The van der Waals surface area contributed by atoms with Crippen LogP contribution in [0.1, 0.15) is 11.6 Å². The van der Waals surface area contributed by atoms with Crippen LogP contribution in [0.5, 0.6) is 0 Å². The molecule has 0 saturated heterocycles. The van der Waals surface area contributed by atoms with E-state index in [4.69, 9.17) is 4.98 Å². The second-order valence-electron chi connectivity index (χ2n) is 6.39. The van der Waals surface area contributed by atoms with Crippen LogP contribution < -0.4 is 0 Å². The molecule has 2 unspecified atom stereocenters. The molecule has 4 aromatic rings. The Balaban J connectivity index is 1.65. The molecule has 5 rings (SSSR count). The van der Waals surface area contributed by atoms with Gasteiger partial charge in [-0.05, 0) is 29.8 Å². The molecule has 2 nitrogen and oxygen atoms in total. The molecule has 1 aliphatic rings. The number of para-hydroxylation sites is 2. The summed E-state index contributed by atoms with van der Waals surface area (Å²) in [7, 11) is 0. The smallest absolute Gasteiger partial charge is 0.169 e. The summed E-state index contributed by atoms with van der Waals surface area (Å²) in [6.45, 7) is 0. The summed E-state index contributed by atoms with van der Waals surface area (Å²) in [4.78, 5) is 6.21. The topological polar surface area (TPSA) is 17.8 Å². The van der Waals surface area contributed by atoms with Crippen LogP contribution in [0.4, 0.5) is 0 Å². The lowest BCUT2D eigenvalue weighted by atomic mass is 10.0. The highest BCUT2D eigenvalue weighted by Gasteiger charge is 2.34. The molecule has 0 aliphatic carbocycles. The fourth-order valence-electron chi connectivity index (χ4n) is 3.59. The molecule has 3 aromatic carbocycles. The minimum atomic E-state index is 0.282. The molecule has 0 N–H and O–H groups in total. The Hall–Kier alpha value is -2.17. The number of rotatable bonds is 3. The SMILES string of the molecule is c1ccc(SC2CSc3nc4ccccc4n3C2c2ccccc2)cc1. The van der Waals surface area contributed by atoms with Gasteiger partial charge < -0.3 is 4.57 Å². The number of benzene rings is 3. The molecule has 0 bridgehead atoms. The summed E-state index contributed by atoms with van der Waals surface area (Å²) in [5, 5.41) is 1.58. The molecule has 0 fully saturated rings. The van der Waals surface area contributed by atoms with Gasteiger partial charge in [-0.1, -0.05) is 72.4 Å². The molecule has 4 heteroatoms. The number of hydrogen-bond donors (Lipinski definition) is 0. The lowest BCUT2D eigenvalue weighted by Gasteiger charge is -2.33. The van der Waals surface area contributed by atoms with Crippen LogP contribution in [0.25, 0.3) is 11.0 Å². The minimum absolute atomic E-state index is 0.282. The third-order valence-electron chi connectivity index (χ3n) is 4.74. The number of nitrogens with zero attached hydrogens (tertiary/aromatic N) is 2. The van der Waals surface area contributed by atoms with E-state index in [1.165, 1.54) is 16.0 Å². The Kier molecular flexibility index (Phi) is 4.23. The molecule has 1 aromatic heterocycles. The summed E-state index contributed by atoms with van der Waals surface area (Å²) >= 11 is 3.84. The third-order valence-corrected chi connectivity index (χ3v) is 7.30. The van der Waals surface area contributed by atoms with E-state index in [0.717, 1.165) is 16.4 Å². The van der Waals surface area contributed by atoms with Crippen LogP contribution >= 0.6 is 23.5 Å². The molecule has 128 valence electrons. The first-order chi connectivity index (χ1) is 12.9. The summed E-state index contributed by atoms with van der Waals surface area (Å²) in [6, 6.07) is 30.4. The summed E-state index contributed by atoms with van der Waals surface area (Å²) < 4.78 is 2.44. The second kappa shape index (κ2) is 6.86. The first kappa shape index (κ1) is 16.0. The molecule has 2 heterocycles. The molecule has 2 atom stereocenters. The van der Waals surface area contributed by atoms with E-state index >= 15 is 0 Å². The Morgan fingerprint density at radius 2 is 1.54 bits per heavy atom. The zero-order valence-electron chi connectivity index (χ0n) is 14.2. The highest BCUT2D eigenvalue weighted by atomic mass is 32.2. The van der Waals surface area contributed by atoms with E-state index < -0.39 is 0 Å². The molecular formula is C22H18N2S2. The minimum Gasteiger partial charge on any atom is -0.310 e. The van der Waals surface area contributed by atoms with Gasteiger partial charge in [-0.2, -0.15) is 0 Å². The molecule has 0 saturated carbocycles. The van der Waals surface area contributed by atoms with Gasteiger partial charge in [0, 0.05) is 15.9 Å². The monoisotopic (exact) mass is 374 g/mol. The Morgan fingerprint density at radius 1 is 0.846 bits per heavy atom. The van der Waals surface area contributed by atoms with E-state index in [2.05, 4.69) is 89.5 Å². The lowest BCUT2D eigenvalue weighted by Crippen LogP contribution is -2.29. The summed E-state index contributed by atoms with van der Waals surface area (Å²) in [5.41, 5.74) is 3.66. The maximum Gasteiger partial charge on any atom is 0.169 e. The van der Waals surface area contributed by atoms with Crippen LogP contribution in [0.3, 0.4) is 0 Å². The lowest BCUT2D eigenvalue weighted by molar-refractivity contribution is 0.539. The van der Waals surface area contributed by atoms with Crippen molar-refractivity contribution in [2.45, 2.75) is 21.3 Å². The number of hydrogen-bond acceptors (Lipinski definition) is 3. The van der Waals surface area contributed by atoms with Crippen LogP contribution in [0.15, 0.2) is 95.0 Å². The van der Waals surface area contributed by atoms with Crippen molar-refractivity contribution in [3.05, 3.63) is 90.5 Å². The summed E-state index contributed by atoms with van der Waals surface area (Å²) in [6.07, 6.45) is 0. The van der Waals surface area contributed by atoms with Gasteiger partial charge in [-0.3, -0.25) is 0 Å². The zero-order chi connectivity index (χ0) is 17.3. The van der Waals surface area contributed by atoms with Gasteiger partial charge in [0.1, 0.15) is 0 Å². The van der Waals surface area contributed by atoms with Gasteiger partial charge in [0.15, 0.2) is 5.16 Å². The molecular weight excluding hydrogens is 356 g/mol. The van der Waals surface area contributed by atoms with Crippen molar-refractivity contribution >= 4 is 34.6 Å². The quantitative estimate of drug-likeness (QED) is 0.445. The number of fused-ring (bicyclic) bond motifs is 3. The van der Waals surface area contributed by atoms with E-state index in [1.54, 1.807) is 0 Å². The number of imidazole rings is 1. The molecule has 1 aliphatic heterocycles. The third kappa shape index (κ3) is 2.83. The standard InChI is InChI=1S/C22H18N2S2/c1-3-9-16(10-4-1)21-20(26-17-11-5-2-6-12-17)15-25-22-23-18-13-7-8-14-19(18)24(21)22/h1-14,20-21H,15H2. The normalized spacial score (nSPS) is 19.4. The van der Waals surface area contributed by atoms with Gasteiger partial charge in [0.05, 0.1) is 17.1 Å². The number of aromatic nitrogens is 2. The molecule has 26 heavy (non-hydrogen) atoms. The van der Waals surface area contributed by atoms with E-state index in [0.29, 0.717) is 5.25 Å². The average molecular weight is 375 g/mol.